The third-order valence-corrected chi connectivity index (χ3v) is 2.51. The van der Waals surface area contributed by atoms with Crippen LogP contribution in [0.2, 0.25) is 0 Å². The van der Waals surface area contributed by atoms with E-state index in [4.69, 9.17) is 0 Å². The van der Waals surface area contributed by atoms with Crippen molar-refractivity contribution in [2.24, 2.45) is 0 Å². The molecule has 0 aromatic heterocycles. The van der Waals surface area contributed by atoms with Crippen LogP contribution in [0.25, 0.3) is 0 Å². The van der Waals surface area contributed by atoms with Gasteiger partial charge >= 0.3 is 0 Å². The van der Waals surface area contributed by atoms with Gasteiger partial charge < -0.3 is 4.90 Å². The summed E-state index contributed by atoms with van der Waals surface area (Å²) in [6.45, 7) is 9.59. The largest absolute Gasteiger partial charge is 0.339 e. The van der Waals surface area contributed by atoms with Gasteiger partial charge in [-0.1, -0.05) is 46.1 Å². The first-order valence-electron chi connectivity index (χ1n) is 6.17. The van der Waals surface area contributed by atoms with Gasteiger partial charge in [-0.15, -0.1) is 0 Å². The molecule has 0 saturated heterocycles. The lowest BCUT2D eigenvalue weighted by Gasteiger charge is -2.20. The number of rotatable bonds is 9. The third-order valence-electron chi connectivity index (χ3n) is 2.51. The molecule has 0 N–H and O–H groups in total. The summed E-state index contributed by atoms with van der Waals surface area (Å²) < 4.78 is 0. The molecule has 2 heteroatoms. The molecule has 1 amide bonds. The van der Waals surface area contributed by atoms with Crippen molar-refractivity contribution in [3.05, 3.63) is 12.7 Å². The molecule has 0 aromatic carbocycles. The molecule has 0 bridgehead atoms. The average molecular weight is 211 g/mol. The highest BCUT2D eigenvalue weighted by molar-refractivity contribution is 5.86. The first kappa shape index (κ1) is 14.2. The second kappa shape index (κ2) is 9.75. The van der Waals surface area contributed by atoms with E-state index in [1.54, 1.807) is 0 Å². The maximum atomic E-state index is 11.4. The molecule has 0 heterocycles. The van der Waals surface area contributed by atoms with Gasteiger partial charge in [-0.05, 0) is 18.9 Å². The van der Waals surface area contributed by atoms with Gasteiger partial charge in [0.2, 0.25) is 5.91 Å². The van der Waals surface area contributed by atoms with Crippen molar-refractivity contribution >= 4 is 5.91 Å². The maximum absolute atomic E-state index is 11.4. The van der Waals surface area contributed by atoms with Crippen LogP contribution in [-0.4, -0.2) is 23.9 Å². The summed E-state index contributed by atoms with van der Waals surface area (Å²) in [7, 11) is 0. The Hall–Kier alpha value is -0.790. The van der Waals surface area contributed by atoms with Crippen molar-refractivity contribution in [1.82, 2.24) is 4.90 Å². The van der Waals surface area contributed by atoms with Crippen LogP contribution in [0.1, 0.15) is 52.4 Å². The number of carbonyl (C=O) groups is 1. The first-order valence-corrected chi connectivity index (χ1v) is 6.17. The Morgan fingerprint density at radius 1 is 1.07 bits per heavy atom. The molecular weight excluding hydrogens is 186 g/mol. The van der Waals surface area contributed by atoms with Gasteiger partial charge in [0.25, 0.3) is 0 Å². The Morgan fingerprint density at radius 3 is 2.27 bits per heavy atom. The van der Waals surface area contributed by atoms with Crippen LogP contribution in [0.5, 0.6) is 0 Å². The van der Waals surface area contributed by atoms with Gasteiger partial charge in [-0.25, -0.2) is 0 Å². The fourth-order valence-electron chi connectivity index (χ4n) is 1.64. The highest BCUT2D eigenvalue weighted by Crippen LogP contribution is 2.04. The molecule has 0 rings (SSSR count). The van der Waals surface area contributed by atoms with Gasteiger partial charge in [-0.3, -0.25) is 4.79 Å². The zero-order valence-corrected chi connectivity index (χ0v) is 10.3. The van der Waals surface area contributed by atoms with Gasteiger partial charge in [0.05, 0.1) is 0 Å². The second-order valence-corrected chi connectivity index (χ2v) is 3.94. The molecule has 0 aliphatic carbocycles. The van der Waals surface area contributed by atoms with Crippen LogP contribution in [0.15, 0.2) is 12.7 Å². The average Bonchev–Trinajstić information content (AvgIpc) is 2.26. The Bertz CT molecular complexity index is 177. The van der Waals surface area contributed by atoms with Crippen molar-refractivity contribution in [2.75, 3.05) is 13.1 Å². The molecule has 0 radical (unpaired) electrons. The van der Waals surface area contributed by atoms with Gasteiger partial charge in [0.15, 0.2) is 0 Å². The Labute approximate surface area is 94.4 Å². The van der Waals surface area contributed by atoms with Crippen LogP contribution in [0.4, 0.5) is 0 Å². The summed E-state index contributed by atoms with van der Waals surface area (Å²) in [6.07, 6.45) is 8.67. The van der Waals surface area contributed by atoms with Crippen LogP contribution in [0.3, 0.4) is 0 Å². The van der Waals surface area contributed by atoms with E-state index in [0.717, 1.165) is 25.9 Å². The predicted octanol–water partition coefficient (Wildman–Crippen LogP) is 3.38. The van der Waals surface area contributed by atoms with E-state index in [-0.39, 0.29) is 5.91 Å². The van der Waals surface area contributed by atoms with Gasteiger partial charge in [-0.2, -0.15) is 0 Å². The molecular formula is C13H25NO. The van der Waals surface area contributed by atoms with E-state index in [1.807, 2.05) is 4.90 Å². The fourth-order valence-corrected chi connectivity index (χ4v) is 1.64. The molecule has 0 fully saturated rings. The number of nitrogens with zero attached hydrogens (tertiary/aromatic N) is 1. The summed E-state index contributed by atoms with van der Waals surface area (Å²) in [4.78, 5) is 13.3. The topological polar surface area (TPSA) is 20.3 Å². The smallest absolute Gasteiger partial charge is 0.245 e. The van der Waals surface area contributed by atoms with Crippen LogP contribution in [0, 0.1) is 0 Å². The summed E-state index contributed by atoms with van der Waals surface area (Å²) in [6, 6.07) is 0. The van der Waals surface area contributed by atoms with E-state index in [9.17, 15) is 4.79 Å². The molecule has 0 saturated carbocycles. The van der Waals surface area contributed by atoms with Gasteiger partial charge in [0.1, 0.15) is 0 Å². The third kappa shape index (κ3) is 7.18. The number of hydrogen-bond donors (Lipinski definition) is 0. The zero-order chi connectivity index (χ0) is 11.5. The number of hydrogen-bond acceptors (Lipinski definition) is 1. The summed E-state index contributed by atoms with van der Waals surface area (Å²) in [5.74, 6) is 0.0762. The van der Waals surface area contributed by atoms with Crippen LogP contribution in [-0.2, 0) is 4.79 Å². The molecule has 0 unspecified atom stereocenters. The Kier molecular flexibility index (Phi) is 9.24. The number of unbranched alkanes of at least 4 members (excludes halogenated alkanes) is 4. The molecule has 0 aliphatic heterocycles. The quantitative estimate of drug-likeness (QED) is 0.423. The van der Waals surface area contributed by atoms with Crippen molar-refractivity contribution in [2.45, 2.75) is 52.4 Å². The maximum Gasteiger partial charge on any atom is 0.245 e. The summed E-state index contributed by atoms with van der Waals surface area (Å²) in [5.41, 5.74) is 0. The standard InChI is InChI=1S/C13H25NO/c1-4-7-8-9-10-12-14(11-5-2)13(15)6-3/h6H,3-5,7-12H2,1-2H3. The number of carbonyl (C=O) groups excluding carboxylic acids is 1. The van der Waals surface area contributed by atoms with Crippen molar-refractivity contribution in [3.63, 3.8) is 0 Å². The molecule has 0 spiro atoms. The molecule has 0 atom stereocenters. The van der Waals surface area contributed by atoms with Crippen molar-refractivity contribution in [3.8, 4) is 0 Å². The highest BCUT2D eigenvalue weighted by atomic mass is 16.2. The Balaban J connectivity index is 3.66. The Morgan fingerprint density at radius 2 is 1.73 bits per heavy atom. The van der Waals surface area contributed by atoms with Crippen LogP contribution < -0.4 is 0 Å². The minimum absolute atomic E-state index is 0.0762. The van der Waals surface area contributed by atoms with Crippen molar-refractivity contribution < 1.29 is 4.79 Å². The van der Waals surface area contributed by atoms with E-state index in [1.165, 1.54) is 31.8 Å². The molecule has 0 aromatic rings. The molecule has 15 heavy (non-hydrogen) atoms. The molecule has 88 valence electrons. The lowest BCUT2D eigenvalue weighted by atomic mass is 10.1. The molecule has 0 aliphatic rings. The monoisotopic (exact) mass is 211 g/mol. The zero-order valence-electron chi connectivity index (χ0n) is 10.3. The number of amides is 1. The predicted molar refractivity (Wildman–Crippen MR) is 65.8 cm³/mol. The second-order valence-electron chi connectivity index (χ2n) is 3.94. The first-order chi connectivity index (χ1) is 7.26. The van der Waals surface area contributed by atoms with Crippen molar-refractivity contribution in [1.29, 1.82) is 0 Å². The van der Waals surface area contributed by atoms with Crippen LogP contribution >= 0.6 is 0 Å². The van der Waals surface area contributed by atoms with E-state index in [2.05, 4.69) is 20.4 Å². The van der Waals surface area contributed by atoms with E-state index in [0.29, 0.717) is 0 Å². The summed E-state index contributed by atoms with van der Waals surface area (Å²) in [5, 5.41) is 0. The lowest BCUT2D eigenvalue weighted by molar-refractivity contribution is -0.126. The van der Waals surface area contributed by atoms with E-state index < -0.39 is 0 Å². The SMILES string of the molecule is C=CC(=O)N(CCC)CCCCCCC. The van der Waals surface area contributed by atoms with Gasteiger partial charge in [0, 0.05) is 13.1 Å². The van der Waals surface area contributed by atoms with E-state index >= 15 is 0 Å². The molecule has 2 nitrogen and oxygen atoms in total. The lowest BCUT2D eigenvalue weighted by Crippen LogP contribution is -2.31. The normalized spacial score (nSPS) is 10.0. The minimum atomic E-state index is 0.0762. The highest BCUT2D eigenvalue weighted by Gasteiger charge is 2.07. The fraction of sp³-hybridized carbons (Fsp3) is 0.769. The summed E-state index contributed by atoms with van der Waals surface area (Å²) >= 11 is 0. The minimum Gasteiger partial charge on any atom is -0.339 e.